The summed E-state index contributed by atoms with van der Waals surface area (Å²) in [6, 6.07) is -0.852. The van der Waals surface area contributed by atoms with Crippen molar-refractivity contribution in [1.29, 1.82) is 0 Å². The Morgan fingerprint density at radius 1 is 0.825 bits per heavy atom. The van der Waals surface area contributed by atoms with Crippen LogP contribution in [0.2, 0.25) is 0 Å². The number of quaternary nitrogens is 1. The van der Waals surface area contributed by atoms with Crippen molar-refractivity contribution in [2.45, 2.75) is 129 Å². The van der Waals surface area contributed by atoms with E-state index in [1.54, 1.807) is 6.08 Å². The number of unbranched alkanes of at least 4 members (excludes halogenated alkanes) is 12. The van der Waals surface area contributed by atoms with Crippen LogP contribution in [0.3, 0.4) is 0 Å². The first-order chi connectivity index (χ1) is 19.0. The predicted octanol–water partition coefficient (Wildman–Crippen LogP) is 7.07. The Balaban J connectivity index is 4.74. The number of nitrogens with one attached hydrogen (secondary N) is 1. The average Bonchev–Trinajstić information content (AvgIpc) is 2.88. The summed E-state index contributed by atoms with van der Waals surface area (Å²) in [4.78, 5) is 22.7. The van der Waals surface area contributed by atoms with Crippen molar-refractivity contribution >= 4 is 13.7 Å². The molecule has 0 fully saturated rings. The summed E-state index contributed by atoms with van der Waals surface area (Å²) < 4.78 is 23.2. The van der Waals surface area contributed by atoms with Gasteiger partial charge in [-0.2, -0.15) is 0 Å². The van der Waals surface area contributed by atoms with Gasteiger partial charge in [-0.15, -0.1) is 0 Å². The molecule has 0 saturated carbocycles. The number of hydrogen-bond donors (Lipinski definition) is 3. The summed E-state index contributed by atoms with van der Waals surface area (Å²) in [5, 5.41) is 13.6. The van der Waals surface area contributed by atoms with Crippen LogP contribution < -0.4 is 5.32 Å². The Morgan fingerprint density at radius 2 is 1.38 bits per heavy atom. The first-order valence-corrected chi connectivity index (χ1v) is 17.2. The van der Waals surface area contributed by atoms with E-state index in [-0.39, 0.29) is 19.1 Å². The molecule has 0 spiro atoms. The SMILES string of the molecule is CCCCCCC/C=C/CC/C=C/[C@@H](O)[C@H](COP(=O)(O)OCC[N+](C)(C)C)NC(=O)CCCCCCCCC. The summed E-state index contributed by atoms with van der Waals surface area (Å²) in [6.45, 7) is 4.67. The number of carbonyl (C=O) groups excluding carboxylic acids is 1. The third-order valence-corrected chi connectivity index (χ3v) is 7.66. The number of hydrogen-bond acceptors (Lipinski definition) is 5. The monoisotopic (exact) mass is 589 g/mol. The third-order valence-electron chi connectivity index (χ3n) is 6.67. The van der Waals surface area contributed by atoms with E-state index >= 15 is 0 Å². The van der Waals surface area contributed by atoms with Gasteiger partial charge in [0, 0.05) is 6.42 Å². The highest BCUT2D eigenvalue weighted by Crippen LogP contribution is 2.43. The van der Waals surface area contributed by atoms with Crippen molar-refractivity contribution in [3.05, 3.63) is 24.3 Å². The van der Waals surface area contributed by atoms with E-state index in [0.29, 0.717) is 17.4 Å². The largest absolute Gasteiger partial charge is 0.472 e. The minimum Gasteiger partial charge on any atom is -0.387 e. The molecule has 3 atom stereocenters. The lowest BCUT2D eigenvalue weighted by atomic mass is 10.1. The van der Waals surface area contributed by atoms with Crippen LogP contribution in [0.1, 0.15) is 117 Å². The van der Waals surface area contributed by atoms with Crippen LogP contribution in [0.5, 0.6) is 0 Å². The third kappa shape index (κ3) is 25.9. The summed E-state index contributed by atoms with van der Waals surface area (Å²) in [6.07, 6.45) is 24.0. The van der Waals surface area contributed by atoms with E-state index in [4.69, 9.17) is 9.05 Å². The number of rotatable bonds is 27. The van der Waals surface area contributed by atoms with Crippen molar-refractivity contribution in [2.24, 2.45) is 0 Å². The van der Waals surface area contributed by atoms with Gasteiger partial charge in [0.2, 0.25) is 5.91 Å². The molecule has 0 radical (unpaired) electrons. The Kier molecular flexibility index (Phi) is 23.9. The fourth-order valence-corrected chi connectivity index (χ4v) is 4.79. The van der Waals surface area contributed by atoms with E-state index in [2.05, 4.69) is 31.3 Å². The van der Waals surface area contributed by atoms with Gasteiger partial charge in [-0.25, -0.2) is 4.57 Å². The second kappa shape index (κ2) is 24.6. The Bertz CT molecular complexity index is 723. The molecular weight excluding hydrogens is 527 g/mol. The fourth-order valence-electron chi connectivity index (χ4n) is 4.05. The van der Waals surface area contributed by atoms with Crippen molar-refractivity contribution in [3.63, 3.8) is 0 Å². The number of amides is 1. The molecule has 0 aromatic carbocycles. The quantitative estimate of drug-likeness (QED) is 0.0410. The molecule has 0 aromatic heterocycles. The molecule has 3 N–H and O–H groups in total. The lowest BCUT2D eigenvalue weighted by Crippen LogP contribution is -2.45. The van der Waals surface area contributed by atoms with Crippen molar-refractivity contribution in [2.75, 3.05) is 40.9 Å². The number of aliphatic hydroxyl groups excluding tert-OH is 1. The van der Waals surface area contributed by atoms with E-state index < -0.39 is 20.0 Å². The Hall–Kier alpha value is -1.02. The first-order valence-electron chi connectivity index (χ1n) is 15.7. The number of carbonyl (C=O) groups is 1. The maximum atomic E-state index is 12.6. The molecule has 0 saturated heterocycles. The van der Waals surface area contributed by atoms with Crippen LogP contribution in [0.25, 0.3) is 0 Å². The number of phosphoric acid groups is 1. The molecule has 236 valence electrons. The van der Waals surface area contributed by atoms with Gasteiger partial charge >= 0.3 is 7.82 Å². The lowest BCUT2D eigenvalue weighted by Gasteiger charge is -2.25. The van der Waals surface area contributed by atoms with Crippen LogP contribution in [0.15, 0.2) is 24.3 Å². The minimum atomic E-state index is -4.32. The molecule has 1 amide bonds. The zero-order valence-corrected chi connectivity index (χ0v) is 27.2. The molecule has 0 aliphatic rings. The molecule has 0 heterocycles. The smallest absolute Gasteiger partial charge is 0.387 e. The van der Waals surface area contributed by atoms with E-state index in [1.165, 1.54) is 57.8 Å². The Labute approximate surface area is 245 Å². The van der Waals surface area contributed by atoms with Gasteiger partial charge in [0.1, 0.15) is 13.2 Å². The molecule has 0 rings (SSSR count). The fraction of sp³-hybridized carbons (Fsp3) is 0.839. The van der Waals surface area contributed by atoms with Gasteiger partial charge in [0.05, 0.1) is 39.9 Å². The highest BCUT2D eigenvalue weighted by atomic mass is 31.2. The van der Waals surface area contributed by atoms with Gasteiger partial charge in [-0.05, 0) is 32.1 Å². The van der Waals surface area contributed by atoms with Gasteiger partial charge in [0.15, 0.2) is 0 Å². The molecule has 1 unspecified atom stereocenters. The molecule has 0 aliphatic carbocycles. The summed E-state index contributed by atoms with van der Waals surface area (Å²) in [5.74, 6) is -0.199. The maximum Gasteiger partial charge on any atom is 0.472 e. The summed E-state index contributed by atoms with van der Waals surface area (Å²) >= 11 is 0. The number of allylic oxidation sites excluding steroid dienone is 3. The van der Waals surface area contributed by atoms with Gasteiger partial charge in [0.25, 0.3) is 0 Å². The van der Waals surface area contributed by atoms with Crippen LogP contribution in [0, 0.1) is 0 Å². The Morgan fingerprint density at radius 3 is 2.00 bits per heavy atom. The maximum absolute atomic E-state index is 12.6. The predicted molar refractivity (Wildman–Crippen MR) is 166 cm³/mol. The van der Waals surface area contributed by atoms with Crippen LogP contribution in [-0.4, -0.2) is 73.4 Å². The van der Waals surface area contributed by atoms with Crippen molar-refractivity contribution in [3.8, 4) is 0 Å². The van der Waals surface area contributed by atoms with Crippen molar-refractivity contribution in [1.82, 2.24) is 5.32 Å². The average molecular weight is 590 g/mol. The zero-order chi connectivity index (χ0) is 30.1. The molecule has 0 aromatic rings. The number of phosphoric ester groups is 1. The summed E-state index contributed by atoms with van der Waals surface area (Å²) in [7, 11) is 1.55. The van der Waals surface area contributed by atoms with Gasteiger partial charge < -0.3 is 19.8 Å². The molecular formula is C31H62N2O6P+. The molecule has 0 aliphatic heterocycles. The summed E-state index contributed by atoms with van der Waals surface area (Å²) in [5.41, 5.74) is 0. The number of likely N-dealkylation sites (N-methyl/N-ethyl adjacent to an activating group) is 1. The molecule has 8 nitrogen and oxygen atoms in total. The zero-order valence-electron chi connectivity index (χ0n) is 26.3. The lowest BCUT2D eigenvalue weighted by molar-refractivity contribution is -0.870. The molecule has 0 bridgehead atoms. The second-order valence-electron chi connectivity index (χ2n) is 11.8. The first kappa shape index (κ1) is 39.0. The van der Waals surface area contributed by atoms with E-state index in [9.17, 15) is 19.4 Å². The minimum absolute atomic E-state index is 0.0568. The molecule has 40 heavy (non-hydrogen) atoms. The number of aliphatic hydroxyl groups is 1. The topological polar surface area (TPSA) is 105 Å². The highest BCUT2D eigenvalue weighted by molar-refractivity contribution is 7.47. The number of nitrogens with zero attached hydrogens (tertiary/aromatic N) is 1. The van der Waals surface area contributed by atoms with Crippen LogP contribution in [0.4, 0.5) is 0 Å². The van der Waals surface area contributed by atoms with Gasteiger partial charge in [-0.3, -0.25) is 13.8 Å². The van der Waals surface area contributed by atoms with Crippen LogP contribution >= 0.6 is 7.82 Å². The van der Waals surface area contributed by atoms with E-state index in [1.807, 2.05) is 27.2 Å². The highest BCUT2D eigenvalue weighted by Gasteiger charge is 2.27. The standard InChI is InChI=1S/C31H61N2O6P/c1-6-8-10-12-14-15-16-17-19-20-22-24-30(34)29(28-39-40(36,37)38-27-26-33(3,4)5)32-31(35)25-23-21-18-13-11-9-7-2/h16-17,22,24,29-30,34H,6-15,18-21,23,25-28H2,1-5H3,(H-,32,35,36,37)/p+1/b17-16+,24-22+/t29-,30+/m0/s1. The van der Waals surface area contributed by atoms with Crippen molar-refractivity contribution < 1.29 is 32.9 Å². The second-order valence-corrected chi connectivity index (χ2v) is 13.3. The normalized spacial score (nSPS) is 15.5. The van der Waals surface area contributed by atoms with Crippen LogP contribution in [-0.2, 0) is 18.4 Å². The van der Waals surface area contributed by atoms with E-state index in [0.717, 1.165) is 38.5 Å². The molecule has 9 heteroatoms. The van der Waals surface area contributed by atoms with Gasteiger partial charge in [-0.1, -0.05) is 102 Å².